The van der Waals surface area contributed by atoms with Crippen molar-refractivity contribution in [1.82, 2.24) is 4.90 Å². The van der Waals surface area contributed by atoms with E-state index in [1.165, 1.54) is 6.20 Å². The molecule has 0 aromatic heterocycles. The molecule has 0 unspecified atom stereocenters. The van der Waals surface area contributed by atoms with Gasteiger partial charge in [-0.05, 0) is 55.8 Å². The van der Waals surface area contributed by atoms with Gasteiger partial charge in [-0.15, -0.1) is 0 Å². The highest BCUT2D eigenvalue weighted by Gasteiger charge is 2.29. The summed E-state index contributed by atoms with van der Waals surface area (Å²) < 4.78 is 5.02. The van der Waals surface area contributed by atoms with Gasteiger partial charge in [-0.2, -0.15) is 10.5 Å². The van der Waals surface area contributed by atoms with Gasteiger partial charge in [-0.25, -0.2) is 0 Å². The summed E-state index contributed by atoms with van der Waals surface area (Å²) in [6, 6.07) is 9.00. The van der Waals surface area contributed by atoms with Crippen molar-refractivity contribution >= 4 is 29.3 Å². The maximum atomic E-state index is 12.5. The van der Waals surface area contributed by atoms with Crippen molar-refractivity contribution in [3.05, 3.63) is 36.0 Å². The number of thiocyanates is 1. The van der Waals surface area contributed by atoms with E-state index >= 15 is 0 Å². The number of nitrogens with one attached hydrogen (secondary N) is 1. The number of hydrogen-bond donors (Lipinski definition) is 1. The molecule has 0 atom stereocenters. The van der Waals surface area contributed by atoms with E-state index in [2.05, 4.69) is 5.32 Å². The number of esters is 1. The van der Waals surface area contributed by atoms with Crippen LogP contribution in [0.2, 0.25) is 0 Å². The van der Waals surface area contributed by atoms with Crippen LogP contribution >= 0.6 is 11.8 Å². The van der Waals surface area contributed by atoms with Crippen molar-refractivity contribution in [2.75, 3.05) is 25.0 Å². The van der Waals surface area contributed by atoms with Crippen LogP contribution in [0.3, 0.4) is 0 Å². The summed E-state index contributed by atoms with van der Waals surface area (Å²) in [7, 11) is 0. The van der Waals surface area contributed by atoms with E-state index in [-0.39, 0.29) is 23.4 Å². The Morgan fingerprint density at radius 1 is 1.30 bits per heavy atom. The Balaban J connectivity index is 1.94. The highest BCUT2D eigenvalue weighted by atomic mass is 32.2. The summed E-state index contributed by atoms with van der Waals surface area (Å²) >= 11 is 1.06. The second-order valence-corrected chi connectivity index (χ2v) is 6.71. The third kappa shape index (κ3) is 5.77. The van der Waals surface area contributed by atoms with Gasteiger partial charge in [0.15, 0.2) is 0 Å². The van der Waals surface area contributed by atoms with Crippen molar-refractivity contribution < 1.29 is 14.3 Å². The number of rotatable bonds is 6. The van der Waals surface area contributed by atoms with Crippen LogP contribution in [-0.4, -0.2) is 36.5 Å². The van der Waals surface area contributed by atoms with Crippen molar-refractivity contribution in [3.63, 3.8) is 0 Å². The number of anilines is 1. The molecule has 1 aliphatic rings. The van der Waals surface area contributed by atoms with Gasteiger partial charge in [0.1, 0.15) is 17.0 Å². The minimum Gasteiger partial charge on any atom is -0.466 e. The molecule has 1 aliphatic heterocycles. The molecule has 1 aromatic carbocycles. The SMILES string of the molecule is CCOC(=O)C1CCN(C(=O)/C(C#N)=C\Nc2ccc(SC#N)cc2)CC1. The molecular weight excluding hydrogens is 364 g/mol. The predicted octanol–water partition coefficient (Wildman–Crippen LogP) is 2.88. The summed E-state index contributed by atoms with van der Waals surface area (Å²) in [6.45, 7) is 2.95. The molecule has 27 heavy (non-hydrogen) atoms. The first-order valence-corrected chi connectivity index (χ1v) is 9.39. The number of nitrogens with zero attached hydrogens (tertiary/aromatic N) is 3. The molecule has 1 saturated heterocycles. The first-order valence-electron chi connectivity index (χ1n) is 8.57. The molecule has 0 spiro atoms. The number of ether oxygens (including phenoxy) is 1. The van der Waals surface area contributed by atoms with E-state index < -0.39 is 0 Å². The van der Waals surface area contributed by atoms with Crippen LogP contribution in [0.5, 0.6) is 0 Å². The Morgan fingerprint density at radius 2 is 1.96 bits per heavy atom. The number of thioether (sulfide) groups is 1. The van der Waals surface area contributed by atoms with Gasteiger partial charge in [-0.3, -0.25) is 9.59 Å². The number of piperidine rings is 1. The van der Waals surface area contributed by atoms with Gasteiger partial charge in [0.25, 0.3) is 5.91 Å². The van der Waals surface area contributed by atoms with Crippen LogP contribution in [0.25, 0.3) is 0 Å². The molecule has 1 heterocycles. The Bertz CT molecular complexity index is 785. The number of hydrogen-bond acceptors (Lipinski definition) is 7. The minimum absolute atomic E-state index is 0.0000566. The zero-order valence-electron chi connectivity index (χ0n) is 15.0. The van der Waals surface area contributed by atoms with Gasteiger partial charge < -0.3 is 15.0 Å². The van der Waals surface area contributed by atoms with E-state index in [0.29, 0.717) is 38.2 Å². The summed E-state index contributed by atoms with van der Waals surface area (Å²) in [5.74, 6) is -0.768. The van der Waals surface area contributed by atoms with E-state index in [4.69, 9.17) is 10.00 Å². The van der Waals surface area contributed by atoms with Crippen molar-refractivity contribution in [2.45, 2.75) is 24.7 Å². The number of amides is 1. The van der Waals surface area contributed by atoms with E-state index in [0.717, 1.165) is 16.7 Å². The molecule has 0 radical (unpaired) electrons. The monoisotopic (exact) mass is 384 g/mol. The second kappa shape index (κ2) is 10.2. The third-order valence-corrected chi connectivity index (χ3v) is 4.75. The van der Waals surface area contributed by atoms with E-state index in [1.807, 2.05) is 11.5 Å². The van der Waals surface area contributed by atoms with Crippen LogP contribution < -0.4 is 5.32 Å². The molecule has 1 N–H and O–H groups in total. The number of likely N-dealkylation sites (tertiary alicyclic amines) is 1. The lowest BCUT2D eigenvalue weighted by atomic mass is 9.96. The Labute approximate surface area is 162 Å². The lowest BCUT2D eigenvalue weighted by molar-refractivity contribution is -0.150. The van der Waals surface area contributed by atoms with Crippen molar-refractivity contribution in [2.24, 2.45) is 5.92 Å². The molecule has 7 nitrogen and oxygen atoms in total. The predicted molar refractivity (Wildman–Crippen MR) is 101 cm³/mol. The Hall–Kier alpha value is -2.97. The molecule has 0 aliphatic carbocycles. The average molecular weight is 384 g/mol. The van der Waals surface area contributed by atoms with Crippen LogP contribution in [0.15, 0.2) is 40.9 Å². The molecule has 1 aromatic rings. The lowest BCUT2D eigenvalue weighted by Gasteiger charge is -2.30. The lowest BCUT2D eigenvalue weighted by Crippen LogP contribution is -2.41. The number of benzene rings is 1. The fourth-order valence-electron chi connectivity index (χ4n) is 2.72. The first kappa shape index (κ1) is 20.3. The van der Waals surface area contributed by atoms with Crippen LogP contribution in [0, 0.1) is 27.9 Å². The van der Waals surface area contributed by atoms with Gasteiger partial charge in [0.2, 0.25) is 0 Å². The molecule has 0 bridgehead atoms. The number of nitriles is 2. The van der Waals surface area contributed by atoms with Gasteiger partial charge in [0.05, 0.1) is 12.5 Å². The van der Waals surface area contributed by atoms with Crippen LogP contribution in [0.4, 0.5) is 5.69 Å². The van der Waals surface area contributed by atoms with E-state index in [9.17, 15) is 14.9 Å². The Morgan fingerprint density at radius 3 is 2.52 bits per heavy atom. The van der Waals surface area contributed by atoms with E-state index in [1.54, 1.807) is 36.1 Å². The largest absolute Gasteiger partial charge is 0.466 e. The molecule has 2 rings (SSSR count). The highest BCUT2D eigenvalue weighted by Crippen LogP contribution is 2.21. The fourth-order valence-corrected chi connectivity index (χ4v) is 3.10. The quantitative estimate of drug-likeness (QED) is 0.264. The smallest absolute Gasteiger partial charge is 0.309 e. The summed E-state index contributed by atoms with van der Waals surface area (Å²) in [6.07, 6.45) is 2.45. The number of carbonyl (C=O) groups is 2. The first-order chi connectivity index (χ1) is 13.1. The normalized spacial score (nSPS) is 14.8. The highest BCUT2D eigenvalue weighted by molar-refractivity contribution is 8.03. The molecule has 140 valence electrons. The zero-order valence-corrected chi connectivity index (χ0v) is 15.8. The molecule has 1 fully saturated rings. The molecule has 8 heteroatoms. The molecule has 1 amide bonds. The summed E-state index contributed by atoms with van der Waals surface area (Å²) in [5, 5.41) is 22.9. The van der Waals surface area contributed by atoms with Gasteiger partial charge in [0, 0.05) is 29.9 Å². The van der Waals surface area contributed by atoms with Crippen LogP contribution in [-0.2, 0) is 14.3 Å². The van der Waals surface area contributed by atoms with Gasteiger partial charge >= 0.3 is 5.97 Å². The topological polar surface area (TPSA) is 106 Å². The maximum Gasteiger partial charge on any atom is 0.309 e. The van der Waals surface area contributed by atoms with Gasteiger partial charge in [-0.1, -0.05) is 0 Å². The molecular formula is C19H20N4O3S. The minimum atomic E-state index is -0.357. The maximum absolute atomic E-state index is 12.5. The van der Waals surface area contributed by atoms with Crippen LogP contribution in [0.1, 0.15) is 19.8 Å². The fraction of sp³-hybridized carbons (Fsp3) is 0.368. The van der Waals surface area contributed by atoms with Crippen molar-refractivity contribution in [1.29, 1.82) is 10.5 Å². The zero-order chi connectivity index (χ0) is 19.6. The number of carbonyl (C=O) groups excluding carboxylic acids is 2. The summed E-state index contributed by atoms with van der Waals surface area (Å²) in [4.78, 5) is 26.7. The van der Waals surface area contributed by atoms with Crippen molar-refractivity contribution in [3.8, 4) is 11.5 Å². The third-order valence-electron chi connectivity index (χ3n) is 4.15. The summed E-state index contributed by atoms with van der Waals surface area (Å²) in [5.41, 5.74) is 0.707. The Kier molecular flexibility index (Phi) is 7.72. The molecule has 0 saturated carbocycles. The second-order valence-electron chi connectivity index (χ2n) is 5.85. The average Bonchev–Trinajstić information content (AvgIpc) is 2.70. The standard InChI is InChI=1S/C19H20N4O3S/c1-2-26-19(25)14-7-9-23(10-8-14)18(24)15(11-20)12-22-16-3-5-17(6-4-16)27-13-21/h3-6,12,14,22H,2,7-10H2,1H3/b15-12-.